The summed E-state index contributed by atoms with van der Waals surface area (Å²) in [6, 6.07) is 0.150. The van der Waals surface area contributed by atoms with Gasteiger partial charge in [-0.3, -0.25) is 19.3 Å². The molecule has 2 aliphatic rings. The van der Waals surface area contributed by atoms with Crippen LogP contribution in [0.25, 0.3) is 0 Å². The molecule has 1 unspecified atom stereocenters. The predicted octanol–water partition coefficient (Wildman–Crippen LogP) is 0.999. The lowest BCUT2D eigenvalue weighted by molar-refractivity contribution is 0.0728. The highest BCUT2D eigenvalue weighted by atomic mass is 16.2. The Morgan fingerprint density at radius 3 is 3.04 bits per heavy atom. The molecule has 8 heteroatoms. The molecule has 8 nitrogen and oxygen atoms in total. The van der Waals surface area contributed by atoms with Crippen LogP contribution < -0.4 is 10.9 Å². The van der Waals surface area contributed by atoms with Crippen molar-refractivity contribution in [3.05, 3.63) is 45.4 Å². The maximum Gasteiger partial charge on any atom is 0.257 e. The predicted molar refractivity (Wildman–Crippen MR) is 95.8 cm³/mol. The summed E-state index contributed by atoms with van der Waals surface area (Å²) < 4.78 is 1.61. The molecule has 2 N–H and O–H groups in total. The number of H-pyrrole nitrogens is 1. The fraction of sp³-hybridized carbons (Fsp3) is 0.556. The minimum Gasteiger partial charge on any atom is -0.332 e. The number of carbonyl (C=O) groups is 1. The number of rotatable bonds is 3. The number of nitrogens with one attached hydrogen (secondary N) is 2. The van der Waals surface area contributed by atoms with E-state index in [4.69, 9.17) is 0 Å². The highest BCUT2D eigenvalue weighted by Crippen LogP contribution is 2.26. The highest BCUT2D eigenvalue weighted by Gasteiger charge is 2.29. The minimum atomic E-state index is -0.0479. The van der Waals surface area contributed by atoms with Crippen LogP contribution in [0, 0.1) is 0 Å². The van der Waals surface area contributed by atoms with Crippen LogP contribution in [0.5, 0.6) is 0 Å². The van der Waals surface area contributed by atoms with Gasteiger partial charge in [0.25, 0.3) is 11.5 Å². The van der Waals surface area contributed by atoms with Crippen molar-refractivity contribution < 1.29 is 4.79 Å². The topological polar surface area (TPSA) is 95.9 Å². The Balaban J connectivity index is 1.56. The Bertz CT molecular complexity index is 865. The Labute approximate surface area is 151 Å². The van der Waals surface area contributed by atoms with E-state index >= 15 is 0 Å². The van der Waals surface area contributed by atoms with Crippen LogP contribution in [0.1, 0.15) is 59.5 Å². The van der Waals surface area contributed by atoms with E-state index in [1.54, 1.807) is 22.0 Å². The van der Waals surface area contributed by atoms with E-state index in [0.717, 1.165) is 37.1 Å². The summed E-state index contributed by atoms with van der Waals surface area (Å²) in [4.78, 5) is 31.7. The average Bonchev–Trinajstić information content (AvgIpc) is 3.18. The summed E-state index contributed by atoms with van der Waals surface area (Å²) >= 11 is 0. The Morgan fingerprint density at radius 2 is 2.27 bits per heavy atom. The van der Waals surface area contributed by atoms with E-state index in [1.807, 2.05) is 6.92 Å². The molecule has 0 bridgehead atoms. The molecule has 2 aliphatic heterocycles. The lowest BCUT2D eigenvalue weighted by atomic mass is 9.98. The first-order chi connectivity index (χ1) is 12.7. The van der Waals surface area contributed by atoms with Crippen LogP contribution >= 0.6 is 0 Å². The molecule has 138 valence electrons. The fourth-order valence-corrected chi connectivity index (χ4v) is 3.86. The van der Waals surface area contributed by atoms with Gasteiger partial charge in [0.15, 0.2) is 0 Å². The van der Waals surface area contributed by atoms with Gasteiger partial charge in [0.2, 0.25) is 0 Å². The van der Waals surface area contributed by atoms with Crippen molar-refractivity contribution >= 4 is 5.91 Å². The standard InChI is InChI=1S/C18H24N6O2/c1-2-23-11-20-15-10-24(8-6-12(15)17(23)25)18(26)13-9-21-22-16(13)14-5-3-4-7-19-14/h9,11,14,19H,2-8,10H2,1H3,(H,21,22). The molecule has 0 aliphatic carbocycles. The van der Waals surface area contributed by atoms with E-state index in [1.165, 1.54) is 0 Å². The molecule has 4 rings (SSSR count). The Hall–Kier alpha value is -2.48. The minimum absolute atomic E-state index is 0.0139. The first-order valence-electron chi connectivity index (χ1n) is 9.32. The van der Waals surface area contributed by atoms with Gasteiger partial charge in [0.05, 0.1) is 36.0 Å². The van der Waals surface area contributed by atoms with E-state index in [0.29, 0.717) is 37.3 Å². The van der Waals surface area contributed by atoms with Gasteiger partial charge in [-0.05, 0) is 32.7 Å². The zero-order valence-electron chi connectivity index (χ0n) is 15.0. The van der Waals surface area contributed by atoms with Gasteiger partial charge in [-0.15, -0.1) is 0 Å². The van der Waals surface area contributed by atoms with E-state index in [2.05, 4.69) is 20.5 Å². The van der Waals surface area contributed by atoms with Crippen molar-refractivity contribution in [3.8, 4) is 0 Å². The third kappa shape index (κ3) is 2.94. The molecule has 0 spiro atoms. The molecule has 1 saturated heterocycles. The van der Waals surface area contributed by atoms with Gasteiger partial charge in [-0.1, -0.05) is 6.42 Å². The number of aromatic nitrogens is 4. The lowest BCUT2D eigenvalue weighted by Gasteiger charge is -2.29. The van der Waals surface area contributed by atoms with Gasteiger partial charge in [0.1, 0.15) is 0 Å². The van der Waals surface area contributed by atoms with Gasteiger partial charge in [0, 0.05) is 24.7 Å². The smallest absolute Gasteiger partial charge is 0.257 e. The van der Waals surface area contributed by atoms with Crippen molar-refractivity contribution in [2.24, 2.45) is 0 Å². The van der Waals surface area contributed by atoms with Crippen molar-refractivity contribution in [2.45, 2.75) is 51.7 Å². The number of amides is 1. The van der Waals surface area contributed by atoms with Crippen LogP contribution in [-0.2, 0) is 19.5 Å². The normalized spacial score (nSPS) is 20.0. The molecule has 2 aromatic heterocycles. The molecule has 1 atom stereocenters. The van der Waals surface area contributed by atoms with Crippen LogP contribution in [0.3, 0.4) is 0 Å². The first kappa shape index (κ1) is 17.0. The summed E-state index contributed by atoms with van der Waals surface area (Å²) in [5, 5.41) is 10.6. The lowest BCUT2D eigenvalue weighted by Crippen LogP contribution is -2.40. The maximum absolute atomic E-state index is 13.1. The van der Waals surface area contributed by atoms with Crippen LogP contribution in [-0.4, -0.2) is 43.6 Å². The number of aryl methyl sites for hydroxylation is 1. The van der Waals surface area contributed by atoms with Crippen LogP contribution in [0.4, 0.5) is 0 Å². The van der Waals surface area contributed by atoms with Gasteiger partial charge in [-0.2, -0.15) is 5.10 Å². The second-order valence-electron chi connectivity index (χ2n) is 6.94. The number of fused-ring (bicyclic) bond motifs is 1. The molecule has 0 aromatic carbocycles. The molecule has 0 saturated carbocycles. The van der Waals surface area contributed by atoms with Crippen molar-refractivity contribution in [1.82, 2.24) is 30.0 Å². The zero-order chi connectivity index (χ0) is 18.1. The monoisotopic (exact) mass is 356 g/mol. The van der Waals surface area contributed by atoms with Crippen molar-refractivity contribution in [2.75, 3.05) is 13.1 Å². The summed E-state index contributed by atoms with van der Waals surface area (Å²) in [6.07, 6.45) is 7.05. The molecule has 2 aromatic rings. The molecular weight excluding hydrogens is 332 g/mol. The van der Waals surface area contributed by atoms with E-state index < -0.39 is 0 Å². The van der Waals surface area contributed by atoms with Gasteiger partial charge in [-0.25, -0.2) is 4.98 Å². The van der Waals surface area contributed by atoms with Crippen LogP contribution in [0.15, 0.2) is 17.3 Å². The number of hydrogen-bond donors (Lipinski definition) is 2. The number of nitrogens with zero attached hydrogens (tertiary/aromatic N) is 4. The molecule has 4 heterocycles. The average molecular weight is 356 g/mol. The molecule has 26 heavy (non-hydrogen) atoms. The van der Waals surface area contributed by atoms with Gasteiger partial charge < -0.3 is 10.2 Å². The quantitative estimate of drug-likeness (QED) is 0.855. The number of carbonyl (C=O) groups excluding carboxylic acids is 1. The number of piperidine rings is 1. The Morgan fingerprint density at radius 1 is 1.38 bits per heavy atom. The molecule has 1 amide bonds. The van der Waals surface area contributed by atoms with Gasteiger partial charge >= 0.3 is 0 Å². The SMILES string of the molecule is CCn1cnc2c(c1=O)CCN(C(=O)c1cn[nH]c1C1CCCCN1)C2. The number of aromatic amines is 1. The van der Waals surface area contributed by atoms with E-state index in [9.17, 15) is 9.59 Å². The summed E-state index contributed by atoms with van der Waals surface area (Å²) in [6.45, 7) is 4.39. The summed E-state index contributed by atoms with van der Waals surface area (Å²) in [7, 11) is 0. The summed E-state index contributed by atoms with van der Waals surface area (Å²) in [5.41, 5.74) is 2.95. The summed E-state index contributed by atoms with van der Waals surface area (Å²) in [5.74, 6) is -0.0479. The molecule has 0 radical (unpaired) electrons. The second kappa shape index (κ2) is 7.03. The fourth-order valence-electron chi connectivity index (χ4n) is 3.86. The maximum atomic E-state index is 13.1. The Kier molecular flexibility index (Phi) is 4.58. The first-order valence-corrected chi connectivity index (χ1v) is 9.32. The largest absolute Gasteiger partial charge is 0.332 e. The zero-order valence-corrected chi connectivity index (χ0v) is 15.0. The second-order valence-corrected chi connectivity index (χ2v) is 6.94. The third-order valence-electron chi connectivity index (χ3n) is 5.38. The van der Waals surface area contributed by atoms with E-state index in [-0.39, 0.29) is 17.5 Å². The highest BCUT2D eigenvalue weighted by molar-refractivity contribution is 5.95. The van der Waals surface area contributed by atoms with Crippen molar-refractivity contribution in [1.29, 1.82) is 0 Å². The third-order valence-corrected chi connectivity index (χ3v) is 5.38. The van der Waals surface area contributed by atoms with Crippen molar-refractivity contribution in [3.63, 3.8) is 0 Å². The van der Waals surface area contributed by atoms with Crippen LogP contribution in [0.2, 0.25) is 0 Å². The molecular formula is C18H24N6O2. The number of hydrogen-bond acceptors (Lipinski definition) is 5. The molecule has 1 fully saturated rings.